The quantitative estimate of drug-likeness (QED) is 0.267. The fourth-order valence-corrected chi connectivity index (χ4v) is 0.970. The van der Waals surface area contributed by atoms with Crippen LogP contribution >= 0.6 is 12.2 Å². The number of carbonyl (C=O) groups is 1. The summed E-state index contributed by atoms with van der Waals surface area (Å²) < 4.78 is 0. The number of hydrogen-bond donors (Lipinski definition) is 4. The summed E-state index contributed by atoms with van der Waals surface area (Å²) in [7, 11) is 0. The van der Waals surface area contributed by atoms with Crippen molar-refractivity contribution in [2.24, 2.45) is 5.84 Å². The number of thiocarbonyl (C=S) groups is 1. The average Bonchev–Trinajstić information content (AvgIpc) is 2.88. The highest BCUT2D eigenvalue weighted by atomic mass is 32.1. The van der Waals surface area contributed by atoms with Crippen molar-refractivity contribution in [3.63, 3.8) is 0 Å². The first-order valence-electron chi connectivity index (χ1n) is 4.26. The Morgan fingerprint density at radius 1 is 1.54 bits per heavy atom. The van der Waals surface area contributed by atoms with Crippen molar-refractivity contribution in [2.45, 2.75) is 25.3 Å². The van der Waals surface area contributed by atoms with E-state index in [4.69, 9.17) is 18.1 Å². The lowest BCUT2D eigenvalue weighted by Gasteiger charge is -2.06. The number of carbonyl (C=O) groups excluding carboxylic acids is 1. The van der Waals surface area contributed by atoms with Gasteiger partial charge in [0.1, 0.15) is 0 Å². The molecule has 1 aliphatic carbocycles. The molecule has 1 aliphatic rings. The first-order chi connectivity index (χ1) is 6.22. The van der Waals surface area contributed by atoms with Crippen molar-refractivity contribution >= 4 is 23.2 Å². The Morgan fingerprint density at radius 2 is 2.23 bits per heavy atom. The minimum Gasteiger partial charge on any atom is -0.361 e. The minimum atomic E-state index is 0.0646. The summed E-state index contributed by atoms with van der Waals surface area (Å²) in [6, 6.07) is 0.423. The number of rotatable bonds is 4. The smallest absolute Gasteiger partial charge is 0.221 e. The lowest BCUT2D eigenvalue weighted by atomic mass is 10.4. The van der Waals surface area contributed by atoms with Crippen LogP contribution in [0.5, 0.6) is 0 Å². The molecule has 0 bridgehead atoms. The molecule has 5 nitrogen and oxygen atoms in total. The Kier molecular flexibility index (Phi) is 3.91. The Hall–Kier alpha value is -0.880. The minimum absolute atomic E-state index is 0.0646. The summed E-state index contributed by atoms with van der Waals surface area (Å²) in [6.07, 6.45) is 2.65. The molecule has 0 aliphatic heterocycles. The largest absolute Gasteiger partial charge is 0.361 e. The molecule has 1 fully saturated rings. The molecule has 0 aromatic rings. The second kappa shape index (κ2) is 4.98. The average molecular weight is 202 g/mol. The van der Waals surface area contributed by atoms with E-state index in [0.29, 0.717) is 24.1 Å². The SMILES string of the molecule is NNC(=S)NCCC(=O)NC1CC1. The van der Waals surface area contributed by atoms with Gasteiger partial charge in [-0.05, 0) is 25.1 Å². The number of hydrogen-bond acceptors (Lipinski definition) is 3. The summed E-state index contributed by atoms with van der Waals surface area (Å²) in [5, 5.41) is 6.02. The molecule has 1 rings (SSSR count). The highest BCUT2D eigenvalue weighted by Gasteiger charge is 2.22. The molecule has 0 radical (unpaired) electrons. The van der Waals surface area contributed by atoms with Gasteiger partial charge in [-0.25, -0.2) is 5.84 Å². The molecule has 74 valence electrons. The fourth-order valence-electron chi connectivity index (χ4n) is 0.868. The topological polar surface area (TPSA) is 79.2 Å². The molecule has 0 atom stereocenters. The predicted octanol–water partition coefficient (Wildman–Crippen LogP) is -1.01. The molecular weight excluding hydrogens is 188 g/mol. The van der Waals surface area contributed by atoms with E-state index < -0.39 is 0 Å². The van der Waals surface area contributed by atoms with Gasteiger partial charge in [0.15, 0.2) is 5.11 Å². The summed E-state index contributed by atoms with van der Waals surface area (Å²) in [6.45, 7) is 0.515. The van der Waals surface area contributed by atoms with E-state index >= 15 is 0 Å². The summed E-state index contributed by atoms with van der Waals surface area (Å²) in [5.74, 6) is 5.09. The van der Waals surface area contributed by atoms with Crippen LogP contribution in [0.15, 0.2) is 0 Å². The van der Waals surface area contributed by atoms with Crippen molar-refractivity contribution in [1.29, 1.82) is 0 Å². The maximum atomic E-state index is 11.1. The Bertz CT molecular complexity index is 205. The normalized spacial score (nSPS) is 14.8. The number of nitrogens with one attached hydrogen (secondary N) is 3. The Balaban J connectivity index is 1.97. The molecule has 1 saturated carbocycles. The molecule has 6 heteroatoms. The van der Waals surface area contributed by atoms with Gasteiger partial charge in [0.2, 0.25) is 5.91 Å². The van der Waals surface area contributed by atoms with Crippen LogP contribution in [0.4, 0.5) is 0 Å². The van der Waals surface area contributed by atoms with Gasteiger partial charge in [-0.15, -0.1) is 0 Å². The zero-order chi connectivity index (χ0) is 9.68. The fraction of sp³-hybridized carbons (Fsp3) is 0.714. The molecule has 0 aromatic carbocycles. The zero-order valence-electron chi connectivity index (χ0n) is 7.30. The van der Waals surface area contributed by atoms with Crippen LogP contribution in [0.2, 0.25) is 0 Å². The molecule has 5 N–H and O–H groups in total. The monoisotopic (exact) mass is 202 g/mol. The number of amides is 1. The Labute approximate surface area is 82.4 Å². The van der Waals surface area contributed by atoms with Crippen LogP contribution < -0.4 is 21.9 Å². The molecule has 0 spiro atoms. The van der Waals surface area contributed by atoms with Crippen LogP contribution in [0.25, 0.3) is 0 Å². The van der Waals surface area contributed by atoms with E-state index in [0.717, 1.165) is 12.8 Å². The second-order valence-electron chi connectivity index (χ2n) is 2.99. The van der Waals surface area contributed by atoms with E-state index in [2.05, 4.69) is 16.1 Å². The van der Waals surface area contributed by atoms with Gasteiger partial charge < -0.3 is 16.1 Å². The van der Waals surface area contributed by atoms with Gasteiger partial charge in [0, 0.05) is 19.0 Å². The van der Waals surface area contributed by atoms with Gasteiger partial charge in [-0.1, -0.05) is 0 Å². The third-order valence-electron chi connectivity index (χ3n) is 1.71. The summed E-state index contributed by atoms with van der Waals surface area (Å²) >= 11 is 4.73. The maximum Gasteiger partial charge on any atom is 0.221 e. The molecule has 0 heterocycles. The number of nitrogens with two attached hydrogens (primary N) is 1. The second-order valence-corrected chi connectivity index (χ2v) is 3.40. The standard InChI is InChI=1S/C7H14N4OS/c8-11-7(13)9-4-3-6(12)10-5-1-2-5/h5H,1-4,8H2,(H,10,12)(H2,9,11,13). The zero-order valence-corrected chi connectivity index (χ0v) is 8.12. The maximum absolute atomic E-state index is 11.1. The van der Waals surface area contributed by atoms with Crippen molar-refractivity contribution in [2.75, 3.05) is 6.54 Å². The van der Waals surface area contributed by atoms with Gasteiger partial charge >= 0.3 is 0 Å². The van der Waals surface area contributed by atoms with Crippen molar-refractivity contribution < 1.29 is 4.79 Å². The molecule has 0 saturated heterocycles. The molecule has 13 heavy (non-hydrogen) atoms. The van der Waals surface area contributed by atoms with Crippen LogP contribution in [0.1, 0.15) is 19.3 Å². The lowest BCUT2D eigenvalue weighted by Crippen LogP contribution is -2.41. The van der Waals surface area contributed by atoms with Gasteiger partial charge in [-0.3, -0.25) is 4.79 Å². The third kappa shape index (κ3) is 4.64. The highest BCUT2D eigenvalue weighted by Crippen LogP contribution is 2.18. The van der Waals surface area contributed by atoms with E-state index in [1.54, 1.807) is 0 Å². The Morgan fingerprint density at radius 3 is 2.77 bits per heavy atom. The van der Waals surface area contributed by atoms with E-state index in [1.807, 2.05) is 0 Å². The van der Waals surface area contributed by atoms with Gasteiger partial charge in [0.05, 0.1) is 0 Å². The third-order valence-corrected chi connectivity index (χ3v) is 1.97. The van der Waals surface area contributed by atoms with E-state index in [-0.39, 0.29) is 5.91 Å². The van der Waals surface area contributed by atoms with Crippen LogP contribution in [0, 0.1) is 0 Å². The first kappa shape index (κ1) is 10.2. The molecular formula is C7H14N4OS. The predicted molar refractivity (Wildman–Crippen MR) is 53.7 cm³/mol. The first-order valence-corrected chi connectivity index (χ1v) is 4.67. The van der Waals surface area contributed by atoms with Crippen molar-refractivity contribution in [1.82, 2.24) is 16.1 Å². The van der Waals surface area contributed by atoms with Crippen molar-refractivity contribution in [3.05, 3.63) is 0 Å². The number of hydrazine groups is 1. The molecule has 1 amide bonds. The lowest BCUT2D eigenvalue weighted by molar-refractivity contribution is -0.121. The van der Waals surface area contributed by atoms with Crippen LogP contribution in [-0.4, -0.2) is 23.6 Å². The van der Waals surface area contributed by atoms with E-state index in [1.165, 1.54) is 0 Å². The van der Waals surface area contributed by atoms with Crippen LogP contribution in [0.3, 0.4) is 0 Å². The summed E-state index contributed by atoms with van der Waals surface area (Å²) in [5.41, 5.74) is 2.28. The van der Waals surface area contributed by atoms with Crippen LogP contribution in [-0.2, 0) is 4.79 Å². The van der Waals surface area contributed by atoms with E-state index in [9.17, 15) is 4.79 Å². The van der Waals surface area contributed by atoms with Gasteiger partial charge in [0.25, 0.3) is 0 Å². The molecule has 0 aromatic heterocycles. The molecule has 0 unspecified atom stereocenters. The highest BCUT2D eigenvalue weighted by molar-refractivity contribution is 7.80. The van der Waals surface area contributed by atoms with Gasteiger partial charge in [-0.2, -0.15) is 0 Å². The van der Waals surface area contributed by atoms with Crippen molar-refractivity contribution in [3.8, 4) is 0 Å². The summed E-state index contributed by atoms with van der Waals surface area (Å²) in [4.78, 5) is 11.1.